The van der Waals surface area contributed by atoms with Crippen LogP contribution in [0.4, 0.5) is 10.1 Å². The zero-order valence-corrected chi connectivity index (χ0v) is 15.4. The van der Waals surface area contributed by atoms with Gasteiger partial charge in [0.1, 0.15) is 11.6 Å². The topological polar surface area (TPSA) is 41.6 Å². The lowest BCUT2D eigenvalue weighted by Gasteiger charge is -2.19. The van der Waals surface area contributed by atoms with Gasteiger partial charge in [0.2, 0.25) is 0 Å². The molecule has 26 heavy (non-hydrogen) atoms. The molecule has 2 aromatic carbocycles. The molecule has 0 aliphatic carbocycles. The van der Waals surface area contributed by atoms with Crippen LogP contribution in [0.2, 0.25) is 5.02 Å². The minimum absolute atomic E-state index is 0.139. The maximum atomic E-state index is 13.0. The number of hydrogen-bond donors (Lipinski definition) is 1. The lowest BCUT2D eigenvalue weighted by molar-refractivity contribution is -0.127. The fraction of sp³-hybridized carbons (Fsp3) is 0.350. The van der Waals surface area contributed by atoms with Crippen molar-refractivity contribution in [2.45, 2.75) is 19.4 Å². The van der Waals surface area contributed by atoms with E-state index in [1.165, 1.54) is 12.1 Å². The molecule has 1 amide bonds. The van der Waals surface area contributed by atoms with Crippen LogP contribution in [0.15, 0.2) is 48.5 Å². The number of nitrogens with one attached hydrogen (secondary N) is 1. The van der Waals surface area contributed by atoms with E-state index in [1.807, 2.05) is 0 Å². The van der Waals surface area contributed by atoms with Crippen LogP contribution in [0.5, 0.6) is 5.75 Å². The molecule has 2 unspecified atom stereocenters. The number of carbonyl (C=O) groups is 1. The van der Waals surface area contributed by atoms with Crippen molar-refractivity contribution in [3.8, 4) is 5.75 Å². The van der Waals surface area contributed by atoms with Crippen LogP contribution in [-0.4, -0.2) is 31.6 Å². The van der Waals surface area contributed by atoms with Crippen molar-refractivity contribution in [2.24, 2.45) is 5.92 Å². The molecule has 1 aliphatic heterocycles. The summed E-state index contributed by atoms with van der Waals surface area (Å²) in [6.45, 7) is 4.08. The van der Waals surface area contributed by atoms with Gasteiger partial charge < -0.3 is 15.0 Å². The summed E-state index contributed by atoms with van der Waals surface area (Å²) >= 11 is 5.84. The van der Waals surface area contributed by atoms with Gasteiger partial charge >= 0.3 is 0 Å². The highest BCUT2D eigenvalue weighted by molar-refractivity contribution is 6.30. The van der Waals surface area contributed by atoms with Gasteiger partial charge in [0, 0.05) is 30.3 Å². The molecule has 0 bridgehead atoms. The molecule has 1 heterocycles. The van der Waals surface area contributed by atoms with E-state index >= 15 is 0 Å². The number of amides is 1. The van der Waals surface area contributed by atoms with Gasteiger partial charge in [-0.3, -0.25) is 4.79 Å². The summed E-state index contributed by atoms with van der Waals surface area (Å²) < 4.78 is 18.7. The first-order valence-corrected chi connectivity index (χ1v) is 9.09. The van der Waals surface area contributed by atoms with Gasteiger partial charge in [0.15, 0.2) is 6.10 Å². The standard InChI is InChI=1S/C20H22ClFN2O2/c1-14(26-19-8-2-16(21)3-9-19)20(25)23-12-15-10-11-24(13-15)18-6-4-17(22)5-7-18/h2-9,14-15H,10-13H2,1H3,(H,23,25). The normalized spacial score (nSPS) is 17.8. The molecule has 3 rings (SSSR count). The first-order valence-electron chi connectivity index (χ1n) is 8.72. The van der Waals surface area contributed by atoms with Crippen molar-refractivity contribution < 1.29 is 13.9 Å². The van der Waals surface area contributed by atoms with E-state index in [9.17, 15) is 9.18 Å². The fourth-order valence-corrected chi connectivity index (χ4v) is 3.17. The van der Waals surface area contributed by atoms with E-state index in [-0.39, 0.29) is 11.7 Å². The molecule has 0 saturated carbocycles. The van der Waals surface area contributed by atoms with Crippen molar-refractivity contribution in [3.05, 3.63) is 59.4 Å². The Morgan fingerprint density at radius 1 is 1.27 bits per heavy atom. The number of carbonyl (C=O) groups excluding carboxylic acids is 1. The first-order chi connectivity index (χ1) is 12.5. The third kappa shape index (κ3) is 4.88. The van der Waals surface area contributed by atoms with Crippen LogP contribution < -0.4 is 15.0 Å². The number of halogens is 2. The molecule has 1 saturated heterocycles. The van der Waals surface area contributed by atoms with Crippen LogP contribution in [-0.2, 0) is 4.79 Å². The molecular weight excluding hydrogens is 355 g/mol. The Hall–Kier alpha value is -2.27. The Kier molecular flexibility index (Phi) is 5.99. The third-order valence-electron chi connectivity index (χ3n) is 4.54. The predicted octanol–water partition coefficient (Wildman–Crippen LogP) is 3.89. The van der Waals surface area contributed by atoms with Crippen molar-refractivity contribution in [2.75, 3.05) is 24.5 Å². The molecule has 1 aliphatic rings. The molecule has 2 atom stereocenters. The van der Waals surface area contributed by atoms with E-state index in [4.69, 9.17) is 16.3 Å². The molecule has 2 aromatic rings. The molecule has 1 N–H and O–H groups in total. The van der Waals surface area contributed by atoms with E-state index in [0.717, 1.165) is 25.2 Å². The lowest BCUT2D eigenvalue weighted by atomic mass is 10.1. The van der Waals surface area contributed by atoms with E-state index in [2.05, 4.69) is 10.2 Å². The zero-order valence-electron chi connectivity index (χ0n) is 14.6. The highest BCUT2D eigenvalue weighted by atomic mass is 35.5. The maximum absolute atomic E-state index is 13.0. The Morgan fingerprint density at radius 2 is 1.96 bits per heavy atom. The lowest BCUT2D eigenvalue weighted by Crippen LogP contribution is -2.39. The molecule has 0 aromatic heterocycles. The summed E-state index contributed by atoms with van der Waals surface area (Å²) in [5.41, 5.74) is 1.01. The van der Waals surface area contributed by atoms with E-state index in [1.54, 1.807) is 43.3 Å². The second-order valence-corrected chi connectivity index (χ2v) is 6.97. The molecule has 1 fully saturated rings. The highest BCUT2D eigenvalue weighted by Gasteiger charge is 2.24. The van der Waals surface area contributed by atoms with Crippen LogP contribution >= 0.6 is 11.6 Å². The monoisotopic (exact) mass is 376 g/mol. The molecule has 6 heteroatoms. The number of ether oxygens (including phenoxy) is 1. The summed E-state index contributed by atoms with van der Waals surface area (Å²) in [5, 5.41) is 3.59. The van der Waals surface area contributed by atoms with E-state index in [0.29, 0.717) is 23.2 Å². The Labute approximate surface area is 157 Å². The van der Waals surface area contributed by atoms with E-state index < -0.39 is 6.10 Å². The Balaban J connectivity index is 1.44. The second kappa shape index (κ2) is 8.41. The molecule has 0 spiro atoms. The minimum atomic E-state index is -0.578. The molecular formula is C20H22ClFN2O2. The van der Waals surface area contributed by atoms with Gasteiger partial charge in [-0.05, 0) is 67.8 Å². The number of hydrogen-bond acceptors (Lipinski definition) is 3. The van der Waals surface area contributed by atoms with Crippen LogP contribution in [0.3, 0.4) is 0 Å². The van der Waals surface area contributed by atoms with Gasteiger partial charge in [0.05, 0.1) is 0 Å². The number of rotatable bonds is 6. The largest absolute Gasteiger partial charge is 0.481 e. The maximum Gasteiger partial charge on any atom is 0.260 e. The smallest absolute Gasteiger partial charge is 0.260 e. The number of nitrogens with zero attached hydrogens (tertiary/aromatic N) is 1. The molecule has 138 valence electrons. The summed E-state index contributed by atoms with van der Waals surface area (Å²) in [5.74, 6) is 0.610. The summed E-state index contributed by atoms with van der Waals surface area (Å²) in [6.07, 6.45) is 0.412. The quantitative estimate of drug-likeness (QED) is 0.831. The van der Waals surface area contributed by atoms with Gasteiger partial charge in [-0.2, -0.15) is 0 Å². The van der Waals surface area contributed by atoms with Crippen LogP contribution in [0.25, 0.3) is 0 Å². The summed E-state index contributed by atoms with van der Waals surface area (Å²) in [7, 11) is 0. The van der Waals surface area contributed by atoms with Gasteiger partial charge in [0.25, 0.3) is 5.91 Å². The average Bonchev–Trinajstić information content (AvgIpc) is 3.11. The summed E-state index contributed by atoms with van der Waals surface area (Å²) in [4.78, 5) is 14.5. The fourth-order valence-electron chi connectivity index (χ4n) is 3.05. The molecule has 4 nitrogen and oxygen atoms in total. The molecule has 0 radical (unpaired) electrons. The van der Waals surface area contributed by atoms with Crippen LogP contribution in [0.1, 0.15) is 13.3 Å². The third-order valence-corrected chi connectivity index (χ3v) is 4.79. The second-order valence-electron chi connectivity index (χ2n) is 6.54. The predicted molar refractivity (Wildman–Crippen MR) is 101 cm³/mol. The number of anilines is 1. The van der Waals surface area contributed by atoms with Crippen LogP contribution in [0, 0.1) is 11.7 Å². The highest BCUT2D eigenvalue weighted by Crippen LogP contribution is 2.23. The first kappa shape index (κ1) is 18.5. The van der Waals surface area contributed by atoms with Crippen molar-refractivity contribution in [1.29, 1.82) is 0 Å². The SMILES string of the molecule is CC(Oc1ccc(Cl)cc1)C(=O)NCC1CCN(c2ccc(F)cc2)C1. The number of benzene rings is 2. The Morgan fingerprint density at radius 3 is 2.65 bits per heavy atom. The van der Waals surface area contributed by atoms with Crippen molar-refractivity contribution >= 4 is 23.2 Å². The van der Waals surface area contributed by atoms with Crippen molar-refractivity contribution in [1.82, 2.24) is 5.32 Å². The van der Waals surface area contributed by atoms with Gasteiger partial charge in [-0.25, -0.2) is 4.39 Å². The Bertz CT molecular complexity index is 736. The minimum Gasteiger partial charge on any atom is -0.481 e. The van der Waals surface area contributed by atoms with Gasteiger partial charge in [-0.1, -0.05) is 11.6 Å². The van der Waals surface area contributed by atoms with Crippen molar-refractivity contribution in [3.63, 3.8) is 0 Å². The summed E-state index contributed by atoms with van der Waals surface area (Å²) in [6, 6.07) is 13.5. The average molecular weight is 377 g/mol. The van der Waals surface area contributed by atoms with Gasteiger partial charge in [-0.15, -0.1) is 0 Å². The zero-order chi connectivity index (χ0) is 18.5.